The van der Waals surface area contributed by atoms with Gasteiger partial charge in [0, 0.05) is 17.9 Å². The third-order valence-electron chi connectivity index (χ3n) is 3.15. The summed E-state index contributed by atoms with van der Waals surface area (Å²) < 4.78 is 3.17. The van der Waals surface area contributed by atoms with E-state index >= 15 is 0 Å². The summed E-state index contributed by atoms with van der Waals surface area (Å²) in [6.45, 7) is 4.45. The quantitative estimate of drug-likeness (QED) is 0.684. The molecule has 2 atom stereocenters. The van der Waals surface area contributed by atoms with Crippen LogP contribution in [0.5, 0.6) is 0 Å². The lowest BCUT2D eigenvalue weighted by atomic mass is 10.1. The fourth-order valence-corrected chi connectivity index (χ4v) is 2.73. The molecule has 2 unspecified atom stereocenters. The Morgan fingerprint density at radius 1 is 1.54 bits per heavy atom. The first-order valence-corrected chi connectivity index (χ1v) is 5.37. The molecule has 0 amide bonds. The van der Waals surface area contributed by atoms with Crippen LogP contribution in [-0.4, -0.2) is 9.55 Å². The van der Waals surface area contributed by atoms with Crippen molar-refractivity contribution in [2.75, 3.05) is 0 Å². The maximum Gasteiger partial charge on any atom is 0.177 e. The van der Waals surface area contributed by atoms with E-state index in [1.165, 1.54) is 25.0 Å². The van der Waals surface area contributed by atoms with Crippen LogP contribution >= 0.6 is 12.2 Å². The molecule has 0 bridgehead atoms. The van der Waals surface area contributed by atoms with Crippen molar-refractivity contribution in [3.05, 3.63) is 16.7 Å². The average Bonchev–Trinajstić information content (AvgIpc) is 2.60. The van der Waals surface area contributed by atoms with Crippen molar-refractivity contribution in [3.8, 4) is 0 Å². The lowest BCUT2D eigenvalue weighted by Gasteiger charge is -2.18. The normalized spacial score (nSPS) is 28.2. The van der Waals surface area contributed by atoms with E-state index < -0.39 is 0 Å². The van der Waals surface area contributed by atoms with E-state index in [1.54, 1.807) is 0 Å². The van der Waals surface area contributed by atoms with Gasteiger partial charge in [-0.2, -0.15) is 0 Å². The molecule has 1 heterocycles. The Hall–Kier alpha value is -0.570. The highest BCUT2D eigenvalue weighted by atomic mass is 32.1. The number of aromatic nitrogens is 2. The highest BCUT2D eigenvalue weighted by molar-refractivity contribution is 7.71. The first kappa shape index (κ1) is 9.00. The minimum Gasteiger partial charge on any atom is -0.337 e. The van der Waals surface area contributed by atoms with Gasteiger partial charge in [0.15, 0.2) is 4.77 Å². The van der Waals surface area contributed by atoms with Crippen LogP contribution in [0.2, 0.25) is 0 Å². The van der Waals surface area contributed by atoms with Gasteiger partial charge in [-0.15, -0.1) is 0 Å². The topological polar surface area (TPSA) is 20.7 Å². The zero-order chi connectivity index (χ0) is 9.42. The highest BCUT2D eigenvalue weighted by Crippen LogP contribution is 2.36. The van der Waals surface area contributed by atoms with Gasteiger partial charge in [0.25, 0.3) is 0 Å². The molecule has 1 aromatic rings. The van der Waals surface area contributed by atoms with Crippen LogP contribution in [0, 0.1) is 17.6 Å². The van der Waals surface area contributed by atoms with Gasteiger partial charge < -0.3 is 9.55 Å². The van der Waals surface area contributed by atoms with Crippen LogP contribution in [0.1, 0.15) is 37.9 Å². The molecule has 0 aliphatic heterocycles. The standard InChI is InChI=1S/C10H16N2S/c1-7-4-3-5-9(7)12-8(2)6-11-10(12)13/h6-7,9H,3-5H2,1-2H3,(H,11,13). The summed E-state index contributed by atoms with van der Waals surface area (Å²) in [4.78, 5) is 3.11. The van der Waals surface area contributed by atoms with Gasteiger partial charge in [-0.05, 0) is 37.9 Å². The van der Waals surface area contributed by atoms with E-state index in [-0.39, 0.29) is 0 Å². The molecule has 0 saturated heterocycles. The summed E-state index contributed by atoms with van der Waals surface area (Å²) in [5.74, 6) is 0.779. The Kier molecular flexibility index (Phi) is 2.28. The molecule has 0 spiro atoms. The average molecular weight is 196 g/mol. The smallest absolute Gasteiger partial charge is 0.177 e. The van der Waals surface area contributed by atoms with Crippen LogP contribution in [0.4, 0.5) is 0 Å². The van der Waals surface area contributed by atoms with Crippen LogP contribution in [0.15, 0.2) is 6.20 Å². The molecule has 1 saturated carbocycles. The van der Waals surface area contributed by atoms with Crippen molar-refractivity contribution in [3.63, 3.8) is 0 Å². The van der Waals surface area contributed by atoms with Crippen molar-refractivity contribution >= 4 is 12.2 Å². The summed E-state index contributed by atoms with van der Waals surface area (Å²) in [5, 5.41) is 0. The van der Waals surface area contributed by atoms with E-state index in [1.807, 2.05) is 6.20 Å². The molecule has 1 N–H and O–H groups in total. The Labute approximate surface area is 84.0 Å². The van der Waals surface area contributed by atoms with Gasteiger partial charge in [-0.1, -0.05) is 13.3 Å². The number of rotatable bonds is 1. The van der Waals surface area contributed by atoms with E-state index in [9.17, 15) is 0 Å². The molecule has 1 aliphatic rings. The summed E-state index contributed by atoms with van der Waals surface area (Å²) in [7, 11) is 0. The largest absolute Gasteiger partial charge is 0.337 e. The fraction of sp³-hybridized carbons (Fsp3) is 0.700. The first-order chi connectivity index (χ1) is 6.20. The van der Waals surface area contributed by atoms with E-state index in [2.05, 4.69) is 23.4 Å². The Morgan fingerprint density at radius 2 is 2.31 bits per heavy atom. The zero-order valence-electron chi connectivity index (χ0n) is 8.21. The molecule has 72 valence electrons. The predicted molar refractivity (Wildman–Crippen MR) is 56.4 cm³/mol. The molecular formula is C10H16N2S. The van der Waals surface area contributed by atoms with Crippen molar-refractivity contribution in [2.24, 2.45) is 5.92 Å². The molecule has 1 fully saturated rings. The number of imidazole rings is 1. The second-order valence-corrected chi connectivity index (χ2v) is 4.47. The van der Waals surface area contributed by atoms with Crippen LogP contribution in [-0.2, 0) is 0 Å². The molecule has 0 radical (unpaired) electrons. The predicted octanol–water partition coefficient (Wildman–Crippen LogP) is 3.22. The lowest BCUT2D eigenvalue weighted by molar-refractivity contribution is 0.398. The van der Waals surface area contributed by atoms with Gasteiger partial charge in [0.1, 0.15) is 0 Å². The van der Waals surface area contributed by atoms with Gasteiger partial charge in [0.05, 0.1) is 0 Å². The van der Waals surface area contributed by atoms with Crippen molar-refractivity contribution < 1.29 is 0 Å². The van der Waals surface area contributed by atoms with Crippen LogP contribution in [0.25, 0.3) is 0 Å². The highest BCUT2D eigenvalue weighted by Gasteiger charge is 2.25. The van der Waals surface area contributed by atoms with Crippen LogP contribution in [0.3, 0.4) is 0 Å². The summed E-state index contributed by atoms with van der Waals surface area (Å²) in [5.41, 5.74) is 1.27. The maximum atomic E-state index is 5.27. The number of nitrogens with zero attached hydrogens (tertiary/aromatic N) is 1. The SMILES string of the molecule is Cc1c[nH]c(=S)n1C1CCCC1C. The number of nitrogens with one attached hydrogen (secondary N) is 1. The number of aromatic amines is 1. The fourth-order valence-electron chi connectivity index (χ4n) is 2.39. The summed E-state index contributed by atoms with van der Waals surface area (Å²) in [6.07, 6.45) is 5.98. The Balaban J connectivity index is 2.39. The van der Waals surface area contributed by atoms with Gasteiger partial charge in [-0.3, -0.25) is 0 Å². The van der Waals surface area contributed by atoms with E-state index in [0.29, 0.717) is 6.04 Å². The van der Waals surface area contributed by atoms with E-state index in [0.717, 1.165) is 10.7 Å². The van der Waals surface area contributed by atoms with Crippen molar-refractivity contribution in [1.82, 2.24) is 9.55 Å². The maximum absolute atomic E-state index is 5.27. The molecule has 1 aromatic heterocycles. The summed E-state index contributed by atoms with van der Waals surface area (Å²) >= 11 is 5.27. The summed E-state index contributed by atoms with van der Waals surface area (Å²) in [6, 6.07) is 0.638. The second kappa shape index (κ2) is 3.29. The molecule has 2 rings (SSSR count). The van der Waals surface area contributed by atoms with Gasteiger partial charge >= 0.3 is 0 Å². The Morgan fingerprint density at radius 3 is 2.77 bits per heavy atom. The first-order valence-electron chi connectivity index (χ1n) is 4.96. The van der Waals surface area contributed by atoms with Crippen molar-refractivity contribution in [2.45, 2.75) is 39.2 Å². The molecule has 13 heavy (non-hydrogen) atoms. The molecule has 2 nitrogen and oxygen atoms in total. The van der Waals surface area contributed by atoms with Gasteiger partial charge in [0.2, 0.25) is 0 Å². The molecule has 0 aromatic carbocycles. The number of H-pyrrole nitrogens is 1. The van der Waals surface area contributed by atoms with Crippen LogP contribution < -0.4 is 0 Å². The minimum atomic E-state index is 0.638. The third kappa shape index (κ3) is 1.46. The van der Waals surface area contributed by atoms with E-state index in [4.69, 9.17) is 12.2 Å². The number of hydrogen-bond donors (Lipinski definition) is 1. The monoisotopic (exact) mass is 196 g/mol. The number of aryl methyl sites for hydroxylation is 1. The molecular weight excluding hydrogens is 180 g/mol. The minimum absolute atomic E-state index is 0.638. The Bertz CT molecular complexity index is 350. The number of hydrogen-bond acceptors (Lipinski definition) is 1. The zero-order valence-corrected chi connectivity index (χ0v) is 9.03. The molecule has 3 heteroatoms. The second-order valence-electron chi connectivity index (χ2n) is 4.08. The molecule has 1 aliphatic carbocycles. The van der Waals surface area contributed by atoms with Crippen molar-refractivity contribution in [1.29, 1.82) is 0 Å². The third-order valence-corrected chi connectivity index (χ3v) is 3.47. The van der Waals surface area contributed by atoms with Gasteiger partial charge in [-0.25, -0.2) is 0 Å². The lowest BCUT2D eigenvalue weighted by Crippen LogP contribution is -2.12.